The zero-order valence-electron chi connectivity index (χ0n) is 10.5. The molecular weight excluding hydrogens is 301 g/mol. The Morgan fingerprint density at radius 2 is 2.28 bits per heavy atom. The first-order valence-corrected chi connectivity index (χ1v) is 6.72. The third-order valence-corrected chi connectivity index (χ3v) is 3.98. The van der Waals surface area contributed by atoms with E-state index in [0.717, 1.165) is 12.0 Å². The highest BCUT2D eigenvalue weighted by Crippen LogP contribution is 2.36. The van der Waals surface area contributed by atoms with Crippen molar-refractivity contribution in [2.24, 2.45) is 11.7 Å². The molecule has 2 rings (SSSR count). The molecule has 0 saturated carbocycles. The topological polar surface area (TPSA) is 44.5 Å². The van der Waals surface area contributed by atoms with Crippen LogP contribution in [-0.4, -0.2) is 19.8 Å². The lowest BCUT2D eigenvalue weighted by atomic mass is 9.91. The molecular formula is C13H17BrFNO2. The number of ether oxygens (including phenoxy) is 2. The lowest BCUT2D eigenvalue weighted by molar-refractivity contribution is 0.118. The molecule has 1 saturated heterocycles. The van der Waals surface area contributed by atoms with E-state index in [1.165, 1.54) is 13.2 Å². The van der Waals surface area contributed by atoms with Crippen molar-refractivity contribution < 1.29 is 13.9 Å². The molecule has 1 fully saturated rings. The molecule has 3 unspecified atom stereocenters. The van der Waals surface area contributed by atoms with Crippen molar-refractivity contribution in [2.75, 3.05) is 13.7 Å². The van der Waals surface area contributed by atoms with Crippen LogP contribution < -0.4 is 10.5 Å². The summed E-state index contributed by atoms with van der Waals surface area (Å²) in [6, 6.07) is 2.85. The molecule has 1 heterocycles. The van der Waals surface area contributed by atoms with Gasteiger partial charge in [0.2, 0.25) is 0 Å². The zero-order chi connectivity index (χ0) is 13.3. The number of nitrogens with two attached hydrogens (primary N) is 1. The lowest BCUT2D eigenvalue weighted by Crippen LogP contribution is -2.22. The summed E-state index contributed by atoms with van der Waals surface area (Å²) >= 11 is 3.18. The summed E-state index contributed by atoms with van der Waals surface area (Å²) in [5, 5.41) is 0. The second-order valence-corrected chi connectivity index (χ2v) is 5.53. The Morgan fingerprint density at radius 1 is 1.56 bits per heavy atom. The fraction of sp³-hybridized carbons (Fsp3) is 0.538. The van der Waals surface area contributed by atoms with Gasteiger partial charge in [0.05, 0.1) is 24.3 Å². The van der Waals surface area contributed by atoms with Crippen molar-refractivity contribution in [3.05, 3.63) is 28.0 Å². The molecule has 0 bridgehead atoms. The standard InChI is InChI=1S/C13H17BrFNO2/c1-7-3-8(6-18-7)13(16)9-4-10(14)11(15)5-12(9)17-2/h4-5,7-8,13H,3,6,16H2,1-2H3. The van der Waals surface area contributed by atoms with Gasteiger partial charge in [-0.25, -0.2) is 4.39 Å². The highest BCUT2D eigenvalue weighted by atomic mass is 79.9. The van der Waals surface area contributed by atoms with E-state index in [2.05, 4.69) is 15.9 Å². The highest BCUT2D eigenvalue weighted by molar-refractivity contribution is 9.10. The molecule has 2 N–H and O–H groups in total. The highest BCUT2D eigenvalue weighted by Gasteiger charge is 2.30. The summed E-state index contributed by atoms with van der Waals surface area (Å²) in [6.45, 7) is 2.67. The largest absolute Gasteiger partial charge is 0.496 e. The summed E-state index contributed by atoms with van der Waals surface area (Å²) < 4.78 is 24.6. The summed E-state index contributed by atoms with van der Waals surface area (Å²) in [5.41, 5.74) is 7.07. The minimum Gasteiger partial charge on any atom is -0.496 e. The Hall–Kier alpha value is -0.650. The minimum atomic E-state index is -0.348. The molecule has 0 aromatic heterocycles. The molecule has 3 atom stereocenters. The fourth-order valence-electron chi connectivity index (χ4n) is 2.34. The van der Waals surface area contributed by atoms with E-state index in [0.29, 0.717) is 16.8 Å². The molecule has 100 valence electrons. The summed E-state index contributed by atoms with van der Waals surface area (Å²) in [5.74, 6) is 0.382. The van der Waals surface area contributed by atoms with E-state index in [4.69, 9.17) is 15.2 Å². The van der Waals surface area contributed by atoms with Crippen LogP contribution in [0.1, 0.15) is 24.9 Å². The van der Waals surface area contributed by atoms with Gasteiger partial charge in [-0.3, -0.25) is 0 Å². The fourth-order valence-corrected chi connectivity index (χ4v) is 2.70. The van der Waals surface area contributed by atoms with Gasteiger partial charge in [-0.1, -0.05) is 0 Å². The van der Waals surface area contributed by atoms with Crippen molar-refractivity contribution >= 4 is 15.9 Å². The van der Waals surface area contributed by atoms with Gasteiger partial charge in [-0.2, -0.15) is 0 Å². The molecule has 0 aliphatic carbocycles. The first-order valence-electron chi connectivity index (χ1n) is 5.93. The maximum atomic E-state index is 13.5. The van der Waals surface area contributed by atoms with E-state index in [9.17, 15) is 4.39 Å². The molecule has 0 spiro atoms. The zero-order valence-corrected chi connectivity index (χ0v) is 12.0. The smallest absolute Gasteiger partial charge is 0.141 e. The van der Waals surface area contributed by atoms with E-state index < -0.39 is 0 Å². The quantitative estimate of drug-likeness (QED) is 0.932. The monoisotopic (exact) mass is 317 g/mol. The Bertz CT molecular complexity index is 441. The van der Waals surface area contributed by atoms with Crippen molar-refractivity contribution in [3.8, 4) is 5.75 Å². The predicted molar refractivity (Wildman–Crippen MR) is 71.1 cm³/mol. The average Bonchev–Trinajstić information content (AvgIpc) is 2.78. The predicted octanol–water partition coefficient (Wildman–Crippen LogP) is 3.02. The van der Waals surface area contributed by atoms with Gasteiger partial charge in [0, 0.05) is 23.6 Å². The first-order chi connectivity index (χ1) is 8.52. The molecule has 3 nitrogen and oxygen atoms in total. The van der Waals surface area contributed by atoms with Crippen LogP contribution in [0.4, 0.5) is 4.39 Å². The molecule has 1 aliphatic heterocycles. The second kappa shape index (κ2) is 5.55. The van der Waals surface area contributed by atoms with Crippen LogP contribution in [0.3, 0.4) is 0 Å². The number of methoxy groups -OCH3 is 1. The van der Waals surface area contributed by atoms with Crippen molar-refractivity contribution in [2.45, 2.75) is 25.5 Å². The second-order valence-electron chi connectivity index (χ2n) is 4.67. The van der Waals surface area contributed by atoms with E-state index in [-0.39, 0.29) is 23.9 Å². The summed E-state index contributed by atoms with van der Waals surface area (Å²) in [6.07, 6.45) is 1.15. The third kappa shape index (κ3) is 2.68. The van der Waals surface area contributed by atoms with Crippen LogP contribution in [0.25, 0.3) is 0 Å². The maximum Gasteiger partial charge on any atom is 0.141 e. The molecule has 18 heavy (non-hydrogen) atoms. The average molecular weight is 318 g/mol. The first kappa shape index (κ1) is 13.8. The minimum absolute atomic E-state index is 0.207. The van der Waals surface area contributed by atoms with Gasteiger partial charge in [0.1, 0.15) is 11.6 Å². The lowest BCUT2D eigenvalue weighted by Gasteiger charge is -2.21. The van der Waals surface area contributed by atoms with Crippen LogP contribution in [0.5, 0.6) is 5.75 Å². The molecule has 5 heteroatoms. The van der Waals surface area contributed by atoms with Gasteiger partial charge in [0.25, 0.3) is 0 Å². The Balaban J connectivity index is 2.29. The summed E-state index contributed by atoms with van der Waals surface area (Å²) in [7, 11) is 1.52. The number of hydrogen-bond acceptors (Lipinski definition) is 3. The van der Waals surface area contributed by atoms with Gasteiger partial charge in [-0.15, -0.1) is 0 Å². The Kier molecular flexibility index (Phi) is 4.25. The van der Waals surface area contributed by atoms with Crippen LogP contribution in [0.2, 0.25) is 0 Å². The Morgan fingerprint density at radius 3 is 2.83 bits per heavy atom. The third-order valence-electron chi connectivity index (χ3n) is 3.37. The van der Waals surface area contributed by atoms with Crippen molar-refractivity contribution in [1.82, 2.24) is 0 Å². The molecule has 0 radical (unpaired) electrons. The van der Waals surface area contributed by atoms with Crippen molar-refractivity contribution in [3.63, 3.8) is 0 Å². The molecule has 1 aromatic carbocycles. The number of rotatable bonds is 3. The normalized spacial score (nSPS) is 25.2. The van der Waals surface area contributed by atoms with E-state index in [1.807, 2.05) is 6.92 Å². The molecule has 1 aliphatic rings. The van der Waals surface area contributed by atoms with Gasteiger partial charge in [-0.05, 0) is 35.3 Å². The summed E-state index contributed by atoms with van der Waals surface area (Å²) in [4.78, 5) is 0. The Labute approximate surface area is 115 Å². The molecule has 1 aromatic rings. The van der Waals surface area contributed by atoms with Crippen LogP contribution in [0.15, 0.2) is 16.6 Å². The van der Waals surface area contributed by atoms with Crippen LogP contribution in [-0.2, 0) is 4.74 Å². The molecule has 0 amide bonds. The maximum absolute atomic E-state index is 13.5. The van der Waals surface area contributed by atoms with Crippen molar-refractivity contribution in [1.29, 1.82) is 0 Å². The SMILES string of the molecule is COc1cc(F)c(Br)cc1C(N)C1COC(C)C1. The number of benzene rings is 1. The van der Waals surface area contributed by atoms with E-state index in [1.54, 1.807) is 6.07 Å². The van der Waals surface area contributed by atoms with Gasteiger partial charge in [0.15, 0.2) is 0 Å². The van der Waals surface area contributed by atoms with Crippen LogP contribution in [0, 0.1) is 11.7 Å². The van der Waals surface area contributed by atoms with Crippen LogP contribution >= 0.6 is 15.9 Å². The van der Waals surface area contributed by atoms with Gasteiger partial charge < -0.3 is 15.2 Å². The number of hydrogen-bond donors (Lipinski definition) is 1. The number of halogens is 2. The van der Waals surface area contributed by atoms with E-state index >= 15 is 0 Å². The van der Waals surface area contributed by atoms with Gasteiger partial charge >= 0.3 is 0 Å².